The molecule has 1 aromatic heterocycles. The summed E-state index contributed by atoms with van der Waals surface area (Å²) in [7, 11) is 0. The Balaban J connectivity index is 1.89. The highest BCUT2D eigenvalue weighted by atomic mass is 19.3. The molecule has 1 N–H and O–H groups in total. The number of halogens is 2. The van der Waals surface area contributed by atoms with Crippen LogP contribution < -0.4 is 0 Å². The minimum absolute atomic E-state index is 0.0562. The van der Waals surface area contributed by atoms with Crippen molar-refractivity contribution in [2.24, 2.45) is 0 Å². The van der Waals surface area contributed by atoms with Gasteiger partial charge in [0.2, 0.25) is 0 Å². The van der Waals surface area contributed by atoms with Gasteiger partial charge in [0.05, 0.1) is 18.8 Å². The molecule has 0 spiro atoms. The lowest BCUT2D eigenvalue weighted by atomic mass is 10.1. The van der Waals surface area contributed by atoms with Crippen LogP contribution in [0.2, 0.25) is 0 Å². The Morgan fingerprint density at radius 2 is 2.31 bits per heavy atom. The van der Waals surface area contributed by atoms with Crippen LogP contribution in [0.25, 0.3) is 0 Å². The number of carbonyl (C=O) groups is 1. The molecule has 0 radical (unpaired) electrons. The molecule has 2 rings (SSSR count). The topological polar surface area (TPSA) is 71.2 Å². The van der Waals surface area contributed by atoms with Gasteiger partial charge in [0.25, 0.3) is 6.43 Å². The predicted octanol–water partition coefficient (Wildman–Crippen LogP) is 0.0981. The van der Waals surface area contributed by atoms with E-state index in [0.717, 1.165) is 0 Å². The molecule has 1 aromatic rings. The van der Waals surface area contributed by atoms with Crippen molar-refractivity contribution in [1.82, 2.24) is 19.9 Å². The molecule has 8 heteroatoms. The lowest BCUT2D eigenvalue weighted by Crippen LogP contribution is -2.49. The molecule has 0 amide bonds. The van der Waals surface area contributed by atoms with Gasteiger partial charge >= 0.3 is 5.97 Å². The van der Waals surface area contributed by atoms with Crippen LogP contribution in [0.5, 0.6) is 0 Å². The number of nitrogens with zero attached hydrogens (tertiary/aromatic N) is 4. The van der Waals surface area contributed by atoms with Crippen molar-refractivity contribution in [2.45, 2.75) is 12.5 Å². The molecular weight excluding hydrogens is 222 g/mol. The summed E-state index contributed by atoms with van der Waals surface area (Å²) in [5.41, 5.74) is -0.132. The van der Waals surface area contributed by atoms with Crippen molar-refractivity contribution < 1.29 is 18.7 Å². The van der Waals surface area contributed by atoms with Crippen LogP contribution in [0.4, 0.5) is 8.78 Å². The second-order valence-corrected chi connectivity index (χ2v) is 3.65. The number of alkyl halides is 2. The quantitative estimate of drug-likeness (QED) is 0.797. The van der Waals surface area contributed by atoms with Crippen molar-refractivity contribution in [3.63, 3.8) is 0 Å². The summed E-state index contributed by atoms with van der Waals surface area (Å²) < 4.78 is 25.4. The first-order valence-corrected chi connectivity index (χ1v) is 4.72. The minimum Gasteiger partial charge on any atom is -0.476 e. The molecule has 0 saturated carbocycles. The number of rotatable bonds is 4. The number of hydrogen-bond acceptors (Lipinski definition) is 4. The van der Waals surface area contributed by atoms with Gasteiger partial charge in [0.15, 0.2) is 5.69 Å². The summed E-state index contributed by atoms with van der Waals surface area (Å²) >= 11 is 0. The van der Waals surface area contributed by atoms with E-state index in [9.17, 15) is 13.6 Å². The number of aromatic carboxylic acids is 1. The molecule has 0 unspecified atom stereocenters. The third-order valence-electron chi connectivity index (χ3n) is 2.44. The van der Waals surface area contributed by atoms with E-state index < -0.39 is 12.4 Å². The highest BCUT2D eigenvalue weighted by molar-refractivity contribution is 5.84. The van der Waals surface area contributed by atoms with E-state index in [0.29, 0.717) is 13.1 Å². The Morgan fingerprint density at radius 3 is 2.81 bits per heavy atom. The summed E-state index contributed by atoms with van der Waals surface area (Å²) in [5, 5.41) is 15.7. The van der Waals surface area contributed by atoms with E-state index in [1.807, 2.05) is 0 Å². The zero-order valence-corrected chi connectivity index (χ0v) is 8.25. The first-order chi connectivity index (χ1) is 7.56. The first kappa shape index (κ1) is 10.9. The number of carboxylic acids is 1. The number of carboxylic acid groups (broad SMARTS) is 1. The molecule has 88 valence electrons. The highest BCUT2D eigenvalue weighted by Crippen LogP contribution is 2.20. The SMILES string of the molecule is O=C(O)c1cn(C2CN(CC(F)F)C2)nn1. The van der Waals surface area contributed by atoms with E-state index in [4.69, 9.17) is 5.11 Å². The number of hydrogen-bond donors (Lipinski definition) is 1. The largest absolute Gasteiger partial charge is 0.476 e. The molecule has 1 fully saturated rings. The molecule has 1 aliphatic heterocycles. The van der Waals surface area contributed by atoms with Crippen molar-refractivity contribution in [3.8, 4) is 0 Å². The van der Waals surface area contributed by atoms with Gasteiger partial charge in [-0.05, 0) is 0 Å². The Morgan fingerprint density at radius 1 is 1.62 bits per heavy atom. The summed E-state index contributed by atoms with van der Waals surface area (Å²) in [6.45, 7) is 0.649. The maximum Gasteiger partial charge on any atom is 0.358 e. The zero-order valence-electron chi connectivity index (χ0n) is 8.25. The third-order valence-corrected chi connectivity index (χ3v) is 2.44. The third kappa shape index (κ3) is 2.16. The lowest BCUT2D eigenvalue weighted by Gasteiger charge is -2.38. The minimum atomic E-state index is -2.34. The summed E-state index contributed by atoms with van der Waals surface area (Å²) in [4.78, 5) is 12.1. The first-order valence-electron chi connectivity index (χ1n) is 4.72. The Bertz CT molecular complexity index is 389. The van der Waals surface area contributed by atoms with Crippen molar-refractivity contribution in [2.75, 3.05) is 19.6 Å². The second-order valence-electron chi connectivity index (χ2n) is 3.65. The molecule has 16 heavy (non-hydrogen) atoms. The van der Waals surface area contributed by atoms with Gasteiger partial charge in [-0.2, -0.15) is 0 Å². The molecule has 0 aliphatic carbocycles. The maximum atomic E-state index is 12.0. The fourth-order valence-corrected chi connectivity index (χ4v) is 1.61. The molecule has 6 nitrogen and oxygen atoms in total. The van der Waals surface area contributed by atoms with Crippen LogP contribution in [0, 0.1) is 0 Å². The normalized spacial score (nSPS) is 17.7. The van der Waals surface area contributed by atoms with E-state index in [2.05, 4.69) is 10.3 Å². The van der Waals surface area contributed by atoms with Gasteiger partial charge in [0.1, 0.15) is 0 Å². The van der Waals surface area contributed by atoms with Crippen molar-refractivity contribution in [1.29, 1.82) is 0 Å². The summed E-state index contributed by atoms with van der Waals surface area (Å²) in [5.74, 6) is -1.14. The fourth-order valence-electron chi connectivity index (χ4n) is 1.61. The van der Waals surface area contributed by atoms with Gasteiger partial charge in [-0.25, -0.2) is 18.3 Å². The lowest BCUT2D eigenvalue weighted by molar-refractivity contribution is 0.0254. The zero-order chi connectivity index (χ0) is 11.7. The van der Waals surface area contributed by atoms with Gasteiger partial charge in [0, 0.05) is 13.1 Å². The van der Waals surface area contributed by atoms with Crippen molar-refractivity contribution >= 4 is 5.97 Å². The van der Waals surface area contributed by atoms with E-state index >= 15 is 0 Å². The second kappa shape index (κ2) is 4.12. The van der Waals surface area contributed by atoms with Crippen LogP contribution in [0.3, 0.4) is 0 Å². The summed E-state index contributed by atoms with van der Waals surface area (Å²) in [6.07, 6.45) is -1.03. The van der Waals surface area contributed by atoms with Gasteiger partial charge in [-0.15, -0.1) is 5.10 Å². The van der Waals surface area contributed by atoms with Crippen molar-refractivity contribution in [3.05, 3.63) is 11.9 Å². The van der Waals surface area contributed by atoms with Gasteiger partial charge < -0.3 is 5.11 Å². The van der Waals surface area contributed by atoms with Crippen LogP contribution in [-0.4, -0.2) is 57.0 Å². The van der Waals surface area contributed by atoms with Gasteiger partial charge in [-0.3, -0.25) is 4.90 Å². The molecule has 2 heterocycles. The van der Waals surface area contributed by atoms with E-state index in [-0.39, 0.29) is 18.3 Å². The summed E-state index contributed by atoms with van der Waals surface area (Å²) in [6, 6.07) is -0.0562. The van der Waals surface area contributed by atoms with E-state index in [1.54, 1.807) is 4.90 Å². The van der Waals surface area contributed by atoms with Crippen LogP contribution >= 0.6 is 0 Å². The average Bonchev–Trinajstić information content (AvgIpc) is 2.58. The fraction of sp³-hybridized carbons (Fsp3) is 0.625. The molecule has 0 aromatic carbocycles. The van der Waals surface area contributed by atoms with E-state index in [1.165, 1.54) is 10.9 Å². The molecule has 0 atom stereocenters. The average molecular weight is 232 g/mol. The number of aromatic nitrogens is 3. The van der Waals surface area contributed by atoms with Crippen LogP contribution in [-0.2, 0) is 0 Å². The number of likely N-dealkylation sites (tertiary alicyclic amines) is 1. The Kier molecular flexibility index (Phi) is 2.82. The Labute approximate surface area is 89.5 Å². The van der Waals surface area contributed by atoms with Crippen LogP contribution in [0.1, 0.15) is 16.5 Å². The van der Waals surface area contributed by atoms with Crippen LogP contribution in [0.15, 0.2) is 6.20 Å². The molecule has 1 saturated heterocycles. The maximum absolute atomic E-state index is 12.0. The molecule has 1 aliphatic rings. The monoisotopic (exact) mass is 232 g/mol. The molecule has 0 bridgehead atoms. The highest BCUT2D eigenvalue weighted by Gasteiger charge is 2.31. The smallest absolute Gasteiger partial charge is 0.358 e. The predicted molar refractivity (Wildman–Crippen MR) is 48.5 cm³/mol. The molecular formula is C8H10F2N4O2. The van der Waals surface area contributed by atoms with Gasteiger partial charge in [-0.1, -0.05) is 5.21 Å². The Hall–Kier alpha value is -1.57. The standard InChI is InChI=1S/C8H10F2N4O2/c9-7(10)4-13-1-5(2-13)14-3-6(8(15)16)11-12-14/h3,5,7H,1-2,4H2,(H,15,16).